The van der Waals surface area contributed by atoms with E-state index in [1.165, 1.54) is 11.1 Å². The lowest BCUT2D eigenvalue weighted by Gasteiger charge is -2.31. The number of nitrogens with one attached hydrogen (secondary N) is 1. The average Bonchev–Trinajstić information content (AvgIpc) is 3.56. The smallest absolute Gasteiger partial charge is 0.308 e. The zero-order chi connectivity index (χ0) is 26.9. The molecule has 6 rings (SSSR count). The van der Waals surface area contributed by atoms with E-state index in [9.17, 15) is 4.79 Å². The number of carbonyl (C=O) groups is 1. The molecule has 5 aromatic rings. The summed E-state index contributed by atoms with van der Waals surface area (Å²) >= 11 is 0. The number of para-hydroxylation sites is 1. The molecule has 0 saturated carbocycles. The van der Waals surface area contributed by atoms with E-state index in [4.69, 9.17) is 5.10 Å². The Morgan fingerprint density at radius 2 is 1.64 bits per heavy atom. The van der Waals surface area contributed by atoms with Crippen LogP contribution in [0.15, 0.2) is 97.2 Å². The highest BCUT2D eigenvalue weighted by molar-refractivity contribution is 5.90. The summed E-state index contributed by atoms with van der Waals surface area (Å²) in [5, 5.41) is 8.23. The number of benzene rings is 3. The zero-order valence-corrected chi connectivity index (χ0v) is 22.6. The van der Waals surface area contributed by atoms with Gasteiger partial charge >= 0.3 is 6.03 Å². The Morgan fingerprint density at radius 3 is 2.33 bits per heavy atom. The second-order valence-electron chi connectivity index (χ2n) is 10.1. The third kappa shape index (κ3) is 4.52. The topological polar surface area (TPSA) is 55.1 Å². The molecule has 1 N–H and O–H groups in total. The number of nitrogens with zero attached hydrogens (tertiary/aromatic N) is 4. The molecule has 1 aliphatic rings. The SMILES string of the molecule is CCc1ccc(NC(=O)N2Cc3c(CC)nn(-c4ccccc4)c3-n3cccc3C2c2ccc(C)cc2)cc1. The van der Waals surface area contributed by atoms with Crippen molar-refractivity contribution in [3.63, 3.8) is 0 Å². The van der Waals surface area contributed by atoms with Gasteiger partial charge in [-0.3, -0.25) is 0 Å². The molecule has 2 amide bonds. The fourth-order valence-corrected chi connectivity index (χ4v) is 5.47. The Labute approximate surface area is 229 Å². The number of aromatic nitrogens is 3. The van der Waals surface area contributed by atoms with Crippen molar-refractivity contribution in [3.8, 4) is 11.5 Å². The maximum Gasteiger partial charge on any atom is 0.322 e. The maximum absolute atomic E-state index is 14.1. The summed E-state index contributed by atoms with van der Waals surface area (Å²) in [5.41, 5.74) is 8.35. The molecule has 0 radical (unpaired) electrons. The van der Waals surface area contributed by atoms with Crippen molar-refractivity contribution >= 4 is 11.7 Å². The van der Waals surface area contributed by atoms with Crippen LogP contribution in [-0.2, 0) is 19.4 Å². The van der Waals surface area contributed by atoms with Crippen molar-refractivity contribution < 1.29 is 4.79 Å². The summed E-state index contributed by atoms with van der Waals surface area (Å²) in [4.78, 5) is 16.1. The molecule has 196 valence electrons. The van der Waals surface area contributed by atoms with Crippen LogP contribution in [0.1, 0.15) is 53.5 Å². The summed E-state index contributed by atoms with van der Waals surface area (Å²) in [6, 6.07) is 30.6. The van der Waals surface area contributed by atoms with Gasteiger partial charge in [-0.2, -0.15) is 5.10 Å². The fourth-order valence-electron chi connectivity index (χ4n) is 5.47. The minimum absolute atomic E-state index is 0.139. The Bertz CT molecular complexity index is 1600. The van der Waals surface area contributed by atoms with Crippen LogP contribution in [0.25, 0.3) is 11.5 Å². The van der Waals surface area contributed by atoms with E-state index in [0.29, 0.717) is 6.54 Å². The van der Waals surface area contributed by atoms with Gasteiger partial charge < -0.3 is 14.8 Å². The quantitative estimate of drug-likeness (QED) is 0.268. The molecule has 1 unspecified atom stereocenters. The van der Waals surface area contributed by atoms with Crippen molar-refractivity contribution in [2.75, 3.05) is 5.32 Å². The van der Waals surface area contributed by atoms with Gasteiger partial charge in [0.05, 0.1) is 29.7 Å². The van der Waals surface area contributed by atoms with Crippen LogP contribution >= 0.6 is 0 Å². The molecule has 2 aromatic heterocycles. The minimum atomic E-state index is -0.281. The molecule has 6 heteroatoms. The molecule has 0 fully saturated rings. The lowest BCUT2D eigenvalue weighted by Crippen LogP contribution is -2.38. The molecular weight excluding hydrogens is 482 g/mol. The summed E-state index contributed by atoms with van der Waals surface area (Å²) in [6.45, 7) is 6.77. The van der Waals surface area contributed by atoms with Crippen molar-refractivity contribution in [1.82, 2.24) is 19.2 Å². The highest BCUT2D eigenvalue weighted by Gasteiger charge is 2.36. The predicted octanol–water partition coefficient (Wildman–Crippen LogP) is 7.23. The highest BCUT2D eigenvalue weighted by Crippen LogP contribution is 2.39. The van der Waals surface area contributed by atoms with E-state index in [2.05, 4.69) is 97.5 Å². The third-order valence-corrected chi connectivity index (χ3v) is 7.57. The zero-order valence-electron chi connectivity index (χ0n) is 22.6. The van der Waals surface area contributed by atoms with Gasteiger partial charge in [0.2, 0.25) is 0 Å². The standard InChI is InChI=1S/C33H33N5O/c1-4-24-15-19-26(20-16-24)34-33(39)37-22-28-29(5-2)35-38(27-10-7-6-8-11-27)32(28)36-21-9-12-30(36)31(37)25-17-13-23(3)14-18-25/h6-21,31H,4-5,22H2,1-3H3,(H,34,39). The first kappa shape index (κ1) is 24.7. The van der Waals surface area contributed by atoms with E-state index >= 15 is 0 Å². The van der Waals surface area contributed by atoms with Crippen molar-refractivity contribution in [2.45, 2.75) is 46.2 Å². The Kier molecular flexibility index (Phi) is 6.53. The van der Waals surface area contributed by atoms with Gasteiger partial charge in [0.25, 0.3) is 0 Å². The van der Waals surface area contributed by atoms with Crippen LogP contribution in [0.4, 0.5) is 10.5 Å². The van der Waals surface area contributed by atoms with E-state index in [0.717, 1.165) is 52.5 Å². The summed E-state index contributed by atoms with van der Waals surface area (Å²) in [7, 11) is 0. The molecule has 1 aliphatic heterocycles. The van der Waals surface area contributed by atoms with Crippen molar-refractivity contribution in [1.29, 1.82) is 0 Å². The molecule has 3 aromatic carbocycles. The second-order valence-corrected chi connectivity index (χ2v) is 10.1. The lowest BCUT2D eigenvalue weighted by molar-refractivity contribution is 0.194. The molecular formula is C33H33N5O. The van der Waals surface area contributed by atoms with Gasteiger partial charge in [-0.25, -0.2) is 9.48 Å². The molecule has 0 spiro atoms. The number of rotatable bonds is 5. The highest BCUT2D eigenvalue weighted by atomic mass is 16.2. The average molecular weight is 516 g/mol. The molecule has 1 atom stereocenters. The first-order valence-electron chi connectivity index (χ1n) is 13.6. The van der Waals surface area contributed by atoms with E-state index in [1.807, 2.05) is 39.9 Å². The van der Waals surface area contributed by atoms with Crippen LogP contribution < -0.4 is 5.32 Å². The number of aryl methyl sites for hydroxylation is 3. The largest absolute Gasteiger partial charge is 0.322 e. The summed E-state index contributed by atoms with van der Waals surface area (Å²) in [6.07, 6.45) is 3.81. The first-order chi connectivity index (χ1) is 19.1. The number of urea groups is 1. The molecule has 0 aliphatic carbocycles. The fraction of sp³-hybridized carbons (Fsp3) is 0.212. The van der Waals surface area contributed by atoms with Gasteiger partial charge in [-0.15, -0.1) is 0 Å². The number of fused-ring (bicyclic) bond motifs is 3. The molecule has 6 nitrogen and oxygen atoms in total. The van der Waals surface area contributed by atoms with Gasteiger partial charge in [-0.05, 0) is 67.3 Å². The molecule has 0 bridgehead atoms. The van der Waals surface area contributed by atoms with E-state index in [1.54, 1.807) is 0 Å². The maximum atomic E-state index is 14.1. The predicted molar refractivity (Wildman–Crippen MR) is 156 cm³/mol. The van der Waals surface area contributed by atoms with Crippen LogP contribution in [0, 0.1) is 6.92 Å². The van der Waals surface area contributed by atoms with Gasteiger partial charge in [0, 0.05) is 17.4 Å². The molecule has 0 saturated heterocycles. The van der Waals surface area contributed by atoms with Gasteiger partial charge in [-0.1, -0.05) is 74.0 Å². The van der Waals surface area contributed by atoms with Crippen molar-refractivity contribution in [2.24, 2.45) is 0 Å². The number of hydrogen-bond acceptors (Lipinski definition) is 2. The number of amides is 2. The van der Waals surface area contributed by atoms with Crippen LogP contribution in [0.3, 0.4) is 0 Å². The lowest BCUT2D eigenvalue weighted by atomic mass is 10.0. The number of carbonyl (C=O) groups excluding carboxylic acids is 1. The van der Waals surface area contributed by atoms with Crippen LogP contribution in [0.2, 0.25) is 0 Å². The van der Waals surface area contributed by atoms with Crippen LogP contribution in [0.5, 0.6) is 0 Å². The van der Waals surface area contributed by atoms with Crippen LogP contribution in [-0.4, -0.2) is 25.3 Å². The summed E-state index contributed by atoms with van der Waals surface area (Å²) < 4.78 is 4.23. The summed E-state index contributed by atoms with van der Waals surface area (Å²) in [5.74, 6) is 0.984. The first-order valence-corrected chi connectivity index (χ1v) is 13.6. The van der Waals surface area contributed by atoms with Gasteiger partial charge in [0.1, 0.15) is 5.82 Å². The minimum Gasteiger partial charge on any atom is -0.308 e. The molecule has 39 heavy (non-hydrogen) atoms. The van der Waals surface area contributed by atoms with E-state index in [-0.39, 0.29) is 12.1 Å². The van der Waals surface area contributed by atoms with Gasteiger partial charge in [0.15, 0.2) is 0 Å². The Morgan fingerprint density at radius 1 is 0.897 bits per heavy atom. The number of hydrogen-bond donors (Lipinski definition) is 1. The third-order valence-electron chi connectivity index (χ3n) is 7.57. The van der Waals surface area contributed by atoms with E-state index < -0.39 is 0 Å². The normalized spacial score (nSPS) is 14.4. The Hall–Kier alpha value is -4.58. The monoisotopic (exact) mass is 515 g/mol. The van der Waals surface area contributed by atoms with Crippen molar-refractivity contribution in [3.05, 3.63) is 131 Å². The number of anilines is 1. The second kappa shape index (κ2) is 10.3. The molecule has 3 heterocycles. The Balaban J connectivity index is 1.52.